The van der Waals surface area contributed by atoms with Gasteiger partial charge in [-0.1, -0.05) is 13.8 Å². The van der Waals surface area contributed by atoms with Gasteiger partial charge in [0.05, 0.1) is 6.42 Å². The molecule has 0 spiro atoms. The van der Waals surface area contributed by atoms with Gasteiger partial charge in [0, 0.05) is 40.6 Å². The van der Waals surface area contributed by atoms with Crippen LogP contribution in [0.15, 0.2) is 35.3 Å². The SMILES string of the molecule is Cc1nc(C)c(CC(=O)Nc2ccc3c(ccn3CC(C)C)c2)c(=O)[nH]1. The van der Waals surface area contributed by atoms with E-state index in [2.05, 4.69) is 39.9 Å². The van der Waals surface area contributed by atoms with E-state index in [0.29, 0.717) is 23.0 Å². The topological polar surface area (TPSA) is 79.8 Å². The molecule has 0 saturated carbocycles. The molecule has 26 heavy (non-hydrogen) atoms. The number of aromatic amines is 1. The third-order valence-corrected chi connectivity index (χ3v) is 4.29. The quantitative estimate of drug-likeness (QED) is 0.740. The molecule has 0 aliphatic rings. The van der Waals surface area contributed by atoms with E-state index in [0.717, 1.165) is 23.1 Å². The Bertz CT molecular complexity index is 1010. The molecule has 6 nitrogen and oxygen atoms in total. The monoisotopic (exact) mass is 352 g/mol. The highest BCUT2D eigenvalue weighted by atomic mass is 16.2. The smallest absolute Gasteiger partial charge is 0.254 e. The molecule has 0 fully saturated rings. The van der Waals surface area contributed by atoms with Crippen molar-refractivity contribution in [3.05, 3.63) is 57.9 Å². The van der Waals surface area contributed by atoms with Crippen molar-refractivity contribution in [1.29, 1.82) is 0 Å². The van der Waals surface area contributed by atoms with Gasteiger partial charge in [0.15, 0.2) is 0 Å². The van der Waals surface area contributed by atoms with Gasteiger partial charge in [0.1, 0.15) is 5.82 Å². The number of fused-ring (bicyclic) bond motifs is 1. The standard InChI is InChI=1S/C20H24N4O2/c1-12(2)11-24-8-7-15-9-16(5-6-18(15)24)23-19(25)10-17-13(3)21-14(4)22-20(17)26/h5-9,12H,10-11H2,1-4H3,(H,23,25)(H,21,22,26). The first-order valence-corrected chi connectivity index (χ1v) is 8.78. The number of anilines is 1. The minimum Gasteiger partial charge on any atom is -0.347 e. The van der Waals surface area contributed by atoms with E-state index in [1.54, 1.807) is 13.8 Å². The summed E-state index contributed by atoms with van der Waals surface area (Å²) in [6.07, 6.45) is 2.07. The Morgan fingerprint density at radius 1 is 1.27 bits per heavy atom. The highest BCUT2D eigenvalue weighted by Gasteiger charge is 2.12. The van der Waals surface area contributed by atoms with Crippen molar-refractivity contribution in [2.75, 3.05) is 5.32 Å². The second kappa shape index (κ2) is 7.15. The van der Waals surface area contributed by atoms with Gasteiger partial charge in [-0.25, -0.2) is 4.98 Å². The summed E-state index contributed by atoms with van der Waals surface area (Å²) in [6, 6.07) is 7.90. The third kappa shape index (κ3) is 3.85. The number of nitrogens with one attached hydrogen (secondary N) is 2. The van der Waals surface area contributed by atoms with Crippen LogP contribution in [0.3, 0.4) is 0 Å². The van der Waals surface area contributed by atoms with Crippen LogP contribution < -0.4 is 10.9 Å². The van der Waals surface area contributed by atoms with E-state index in [9.17, 15) is 9.59 Å². The maximum atomic E-state index is 12.4. The van der Waals surface area contributed by atoms with Crippen molar-refractivity contribution < 1.29 is 4.79 Å². The van der Waals surface area contributed by atoms with E-state index in [1.807, 2.05) is 24.3 Å². The normalized spacial score (nSPS) is 11.3. The minimum atomic E-state index is -0.258. The Hall–Kier alpha value is -2.89. The fraction of sp³-hybridized carbons (Fsp3) is 0.350. The molecule has 1 amide bonds. The van der Waals surface area contributed by atoms with Crippen LogP contribution in [0.4, 0.5) is 5.69 Å². The fourth-order valence-electron chi connectivity index (χ4n) is 3.16. The maximum absolute atomic E-state index is 12.4. The first-order valence-electron chi connectivity index (χ1n) is 8.78. The summed E-state index contributed by atoms with van der Waals surface area (Å²) in [7, 11) is 0. The Morgan fingerprint density at radius 2 is 2.04 bits per heavy atom. The van der Waals surface area contributed by atoms with E-state index < -0.39 is 0 Å². The molecule has 0 aliphatic carbocycles. The fourth-order valence-corrected chi connectivity index (χ4v) is 3.16. The van der Waals surface area contributed by atoms with Crippen molar-refractivity contribution in [1.82, 2.24) is 14.5 Å². The van der Waals surface area contributed by atoms with Crippen molar-refractivity contribution in [3.63, 3.8) is 0 Å². The highest BCUT2D eigenvalue weighted by molar-refractivity contribution is 5.95. The zero-order valence-electron chi connectivity index (χ0n) is 15.6. The highest BCUT2D eigenvalue weighted by Crippen LogP contribution is 2.21. The largest absolute Gasteiger partial charge is 0.347 e. The zero-order chi connectivity index (χ0) is 18.8. The molecular formula is C20H24N4O2. The number of aryl methyl sites for hydroxylation is 2. The lowest BCUT2D eigenvalue weighted by molar-refractivity contribution is -0.115. The number of nitrogens with zero attached hydrogens (tertiary/aromatic N) is 2. The predicted octanol–water partition coefficient (Wildman–Crippen LogP) is 3.18. The summed E-state index contributed by atoms with van der Waals surface area (Å²) < 4.78 is 2.21. The van der Waals surface area contributed by atoms with Crippen LogP contribution >= 0.6 is 0 Å². The van der Waals surface area contributed by atoms with Gasteiger partial charge >= 0.3 is 0 Å². The third-order valence-electron chi connectivity index (χ3n) is 4.29. The number of hydrogen-bond donors (Lipinski definition) is 2. The molecule has 0 atom stereocenters. The summed E-state index contributed by atoms with van der Waals surface area (Å²) in [5, 5.41) is 3.95. The van der Waals surface area contributed by atoms with Crippen LogP contribution in [0.1, 0.15) is 30.9 Å². The molecule has 3 rings (SSSR count). The summed E-state index contributed by atoms with van der Waals surface area (Å²) in [6.45, 7) is 8.79. The molecule has 6 heteroatoms. The second-order valence-corrected chi connectivity index (χ2v) is 7.08. The van der Waals surface area contributed by atoms with Crippen molar-refractivity contribution in [3.8, 4) is 0 Å². The number of rotatable bonds is 5. The molecule has 0 saturated heterocycles. The van der Waals surface area contributed by atoms with E-state index in [4.69, 9.17) is 0 Å². The molecule has 0 bridgehead atoms. The molecule has 3 aromatic rings. The maximum Gasteiger partial charge on any atom is 0.254 e. The van der Waals surface area contributed by atoms with E-state index in [1.165, 1.54) is 0 Å². The molecule has 0 unspecified atom stereocenters. The van der Waals surface area contributed by atoms with Gasteiger partial charge < -0.3 is 14.9 Å². The van der Waals surface area contributed by atoms with Crippen LogP contribution in [0.25, 0.3) is 10.9 Å². The van der Waals surface area contributed by atoms with E-state index in [-0.39, 0.29) is 17.9 Å². The van der Waals surface area contributed by atoms with Gasteiger partial charge in [0.2, 0.25) is 5.91 Å². The minimum absolute atomic E-state index is 0.000838. The Balaban J connectivity index is 1.77. The van der Waals surface area contributed by atoms with Crippen molar-refractivity contribution >= 4 is 22.5 Å². The average molecular weight is 352 g/mol. The number of carbonyl (C=O) groups is 1. The second-order valence-electron chi connectivity index (χ2n) is 7.08. The summed E-state index contributed by atoms with van der Waals surface area (Å²) in [5.41, 5.74) is 2.59. The molecule has 1 aromatic carbocycles. The average Bonchev–Trinajstić information content (AvgIpc) is 2.92. The molecule has 2 N–H and O–H groups in total. The Kier molecular flexibility index (Phi) is 4.93. The molecule has 2 aromatic heterocycles. The van der Waals surface area contributed by atoms with Crippen molar-refractivity contribution in [2.24, 2.45) is 5.92 Å². The van der Waals surface area contributed by atoms with Crippen LogP contribution in [0.2, 0.25) is 0 Å². The molecule has 136 valence electrons. The zero-order valence-corrected chi connectivity index (χ0v) is 15.6. The number of carbonyl (C=O) groups excluding carboxylic acids is 1. The number of H-pyrrole nitrogens is 1. The predicted molar refractivity (Wildman–Crippen MR) is 103 cm³/mol. The number of benzene rings is 1. The number of amides is 1. The van der Waals surface area contributed by atoms with E-state index >= 15 is 0 Å². The molecule has 0 radical (unpaired) electrons. The van der Waals surface area contributed by atoms with Gasteiger partial charge in [0.25, 0.3) is 5.56 Å². The lowest BCUT2D eigenvalue weighted by Gasteiger charge is -2.10. The van der Waals surface area contributed by atoms with Gasteiger partial charge in [-0.3, -0.25) is 9.59 Å². The number of hydrogen-bond acceptors (Lipinski definition) is 3. The molecular weight excluding hydrogens is 328 g/mol. The first-order chi connectivity index (χ1) is 12.3. The van der Waals surface area contributed by atoms with Gasteiger partial charge in [-0.05, 0) is 44.0 Å². The van der Waals surface area contributed by atoms with Crippen LogP contribution in [-0.4, -0.2) is 20.4 Å². The summed E-state index contributed by atoms with van der Waals surface area (Å²) in [4.78, 5) is 31.3. The van der Waals surface area contributed by atoms with Gasteiger partial charge in [-0.15, -0.1) is 0 Å². The summed E-state index contributed by atoms with van der Waals surface area (Å²) in [5.74, 6) is 0.882. The Morgan fingerprint density at radius 3 is 2.73 bits per heavy atom. The van der Waals surface area contributed by atoms with Crippen LogP contribution in [0.5, 0.6) is 0 Å². The lowest BCUT2D eigenvalue weighted by Crippen LogP contribution is -2.24. The molecule has 2 heterocycles. The van der Waals surface area contributed by atoms with Crippen LogP contribution in [-0.2, 0) is 17.8 Å². The first kappa shape index (κ1) is 17.9. The van der Waals surface area contributed by atoms with Gasteiger partial charge in [-0.2, -0.15) is 0 Å². The summed E-state index contributed by atoms with van der Waals surface area (Å²) >= 11 is 0. The molecule has 0 aliphatic heterocycles. The van der Waals surface area contributed by atoms with Crippen LogP contribution in [0, 0.1) is 19.8 Å². The lowest BCUT2D eigenvalue weighted by atomic mass is 10.1. The number of aromatic nitrogens is 3. The van der Waals surface area contributed by atoms with Crippen molar-refractivity contribution in [2.45, 2.75) is 40.7 Å². The Labute approximate surface area is 152 Å².